The van der Waals surface area contributed by atoms with Crippen LogP contribution in [0.2, 0.25) is 10.0 Å². The minimum Gasteiger partial charge on any atom is -0.326 e. The number of nitrogens with one attached hydrogen (secondary N) is 2. The number of rotatable bonds is 9. The van der Waals surface area contributed by atoms with Crippen LogP contribution in [-0.2, 0) is 22.6 Å². The number of nitrogens with zero attached hydrogens (tertiary/aromatic N) is 3. The monoisotopic (exact) mass is 489 g/mol. The highest BCUT2D eigenvalue weighted by atomic mass is 35.5. The molecule has 0 unspecified atom stereocenters. The van der Waals surface area contributed by atoms with Gasteiger partial charge in [0.2, 0.25) is 11.8 Å². The first-order valence-corrected chi connectivity index (χ1v) is 11.4. The van der Waals surface area contributed by atoms with Crippen molar-refractivity contribution in [1.82, 2.24) is 14.8 Å². The summed E-state index contributed by atoms with van der Waals surface area (Å²) in [6, 6.07) is 12.2. The van der Waals surface area contributed by atoms with E-state index in [2.05, 4.69) is 27.4 Å². The lowest BCUT2D eigenvalue weighted by Crippen LogP contribution is -2.18. The van der Waals surface area contributed by atoms with Crippen LogP contribution in [0.4, 0.5) is 11.4 Å². The molecule has 2 amide bonds. The minimum atomic E-state index is -0.250. The van der Waals surface area contributed by atoms with Crippen LogP contribution in [0, 0.1) is 6.92 Å². The van der Waals surface area contributed by atoms with E-state index in [1.54, 1.807) is 47.0 Å². The summed E-state index contributed by atoms with van der Waals surface area (Å²) in [5.74, 6) is 0.160. The number of hydrogen-bond donors (Lipinski definition) is 2. The first kappa shape index (κ1) is 23.8. The molecule has 166 valence electrons. The van der Waals surface area contributed by atoms with Crippen LogP contribution in [0.15, 0.2) is 60.3 Å². The normalized spacial score (nSPS) is 10.6. The second-order valence-electron chi connectivity index (χ2n) is 6.83. The Morgan fingerprint density at radius 1 is 1.06 bits per heavy atom. The third kappa shape index (κ3) is 6.59. The summed E-state index contributed by atoms with van der Waals surface area (Å²) in [5.41, 5.74) is 2.19. The molecule has 32 heavy (non-hydrogen) atoms. The Morgan fingerprint density at radius 2 is 1.75 bits per heavy atom. The first-order chi connectivity index (χ1) is 15.4. The summed E-state index contributed by atoms with van der Waals surface area (Å²) in [6.07, 6.45) is 1.70. The molecule has 1 aromatic heterocycles. The predicted molar refractivity (Wildman–Crippen MR) is 130 cm³/mol. The van der Waals surface area contributed by atoms with Gasteiger partial charge >= 0.3 is 0 Å². The van der Waals surface area contributed by atoms with Gasteiger partial charge in [0.15, 0.2) is 5.16 Å². The van der Waals surface area contributed by atoms with Crippen LogP contribution in [0.5, 0.6) is 0 Å². The van der Waals surface area contributed by atoms with Crippen LogP contribution in [0.25, 0.3) is 0 Å². The minimum absolute atomic E-state index is 0.0177. The lowest BCUT2D eigenvalue weighted by atomic mass is 10.2. The van der Waals surface area contributed by atoms with Crippen molar-refractivity contribution in [2.24, 2.45) is 0 Å². The molecular weight excluding hydrogens is 469 g/mol. The molecule has 2 N–H and O–H groups in total. The maximum absolute atomic E-state index is 12.5. The number of carbonyl (C=O) groups is 2. The zero-order chi connectivity index (χ0) is 23.1. The maximum Gasteiger partial charge on any atom is 0.234 e. The van der Waals surface area contributed by atoms with E-state index in [4.69, 9.17) is 23.2 Å². The maximum atomic E-state index is 12.5. The van der Waals surface area contributed by atoms with Gasteiger partial charge in [0.05, 0.1) is 12.2 Å². The third-order valence-corrected chi connectivity index (χ3v) is 5.97. The van der Waals surface area contributed by atoms with E-state index >= 15 is 0 Å². The van der Waals surface area contributed by atoms with Gasteiger partial charge < -0.3 is 15.2 Å². The van der Waals surface area contributed by atoms with Crippen molar-refractivity contribution in [1.29, 1.82) is 0 Å². The molecule has 3 rings (SSSR count). The number of hydrogen-bond acceptors (Lipinski definition) is 5. The van der Waals surface area contributed by atoms with Gasteiger partial charge in [-0.25, -0.2) is 0 Å². The van der Waals surface area contributed by atoms with Crippen molar-refractivity contribution in [3.05, 3.63) is 76.6 Å². The largest absolute Gasteiger partial charge is 0.326 e. The number of anilines is 2. The molecule has 0 spiro atoms. The van der Waals surface area contributed by atoms with E-state index in [-0.39, 0.29) is 24.0 Å². The highest BCUT2D eigenvalue weighted by Gasteiger charge is 2.16. The van der Waals surface area contributed by atoms with Gasteiger partial charge in [0, 0.05) is 28.0 Å². The Kier molecular flexibility index (Phi) is 8.33. The molecule has 0 bridgehead atoms. The highest BCUT2D eigenvalue weighted by molar-refractivity contribution is 7.99. The molecule has 0 aliphatic carbocycles. The van der Waals surface area contributed by atoms with Crippen LogP contribution in [0.3, 0.4) is 0 Å². The Hall–Kier alpha value is -2.81. The molecule has 0 fully saturated rings. The summed E-state index contributed by atoms with van der Waals surface area (Å²) in [5, 5.41) is 15.6. The lowest BCUT2D eigenvalue weighted by Gasteiger charge is -2.09. The second kappa shape index (κ2) is 11.2. The van der Waals surface area contributed by atoms with E-state index in [0.717, 1.165) is 5.56 Å². The molecule has 0 radical (unpaired) electrons. The number of thioether (sulfide) groups is 1. The van der Waals surface area contributed by atoms with Crippen LogP contribution in [-0.4, -0.2) is 32.3 Å². The molecule has 7 nitrogen and oxygen atoms in total. The van der Waals surface area contributed by atoms with Crippen molar-refractivity contribution in [2.75, 3.05) is 16.4 Å². The van der Waals surface area contributed by atoms with Crippen molar-refractivity contribution >= 4 is 58.2 Å². The Balaban J connectivity index is 1.61. The number of aryl methyl sites for hydroxylation is 1. The van der Waals surface area contributed by atoms with Gasteiger partial charge in [0.25, 0.3) is 0 Å². The van der Waals surface area contributed by atoms with Crippen LogP contribution in [0.1, 0.15) is 11.4 Å². The van der Waals surface area contributed by atoms with Gasteiger partial charge in [-0.05, 0) is 48.9 Å². The van der Waals surface area contributed by atoms with Gasteiger partial charge in [0.1, 0.15) is 5.82 Å². The summed E-state index contributed by atoms with van der Waals surface area (Å²) < 4.78 is 1.76. The number of halogens is 2. The smallest absolute Gasteiger partial charge is 0.234 e. The summed E-state index contributed by atoms with van der Waals surface area (Å²) in [7, 11) is 0. The van der Waals surface area contributed by atoms with E-state index < -0.39 is 0 Å². The summed E-state index contributed by atoms with van der Waals surface area (Å²) in [6.45, 7) is 6.05. The fraction of sp³-hybridized carbons (Fsp3) is 0.182. The molecule has 0 aliphatic heterocycles. The standard InChI is InChI=1S/C22H21Cl2N5O2S/c1-3-10-29-19(12-20(30)26-17-7-4-14(2)18(24)11-17)27-28-22(29)32-13-21(31)25-16-8-5-15(23)6-9-16/h3-9,11H,1,10,12-13H2,2H3,(H,25,31)(H,26,30). The van der Waals surface area contributed by atoms with Crippen LogP contribution >= 0.6 is 35.0 Å². The molecule has 0 atom stereocenters. The Bertz CT molecular complexity index is 1130. The Labute approximate surface area is 200 Å². The topological polar surface area (TPSA) is 88.9 Å². The average molecular weight is 490 g/mol. The average Bonchev–Trinajstić information content (AvgIpc) is 3.12. The van der Waals surface area contributed by atoms with Gasteiger partial charge in [-0.15, -0.1) is 16.8 Å². The summed E-state index contributed by atoms with van der Waals surface area (Å²) >= 11 is 13.2. The number of benzene rings is 2. The first-order valence-electron chi connectivity index (χ1n) is 9.63. The van der Waals surface area contributed by atoms with Gasteiger partial charge in [-0.2, -0.15) is 0 Å². The van der Waals surface area contributed by atoms with Gasteiger partial charge in [-0.1, -0.05) is 47.1 Å². The van der Waals surface area contributed by atoms with Crippen molar-refractivity contribution in [3.8, 4) is 0 Å². The molecule has 0 saturated carbocycles. The molecular formula is C22H21Cl2N5O2S. The van der Waals surface area contributed by atoms with E-state index in [0.29, 0.717) is 38.9 Å². The lowest BCUT2D eigenvalue weighted by molar-refractivity contribution is -0.116. The van der Waals surface area contributed by atoms with E-state index in [9.17, 15) is 9.59 Å². The number of carbonyl (C=O) groups excluding carboxylic acids is 2. The highest BCUT2D eigenvalue weighted by Crippen LogP contribution is 2.21. The molecule has 3 aromatic rings. The number of amides is 2. The van der Waals surface area contributed by atoms with E-state index in [1.807, 2.05) is 13.0 Å². The molecule has 1 heterocycles. The fourth-order valence-electron chi connectivity index (χ4n) is 2.75. The van der Waals surface area contributed by atoms with E-state index in [1.165, 1.54) is 11.8 Å². The van der Waals surface area contributed by atoms with Gasteiger partial charge in [-0.3, -0.25) is 9.59 Å². The summed E-state index contributed by atoms with van der Waals surface area (Å²) in [4.78, 5) is 24.8. The van der Waals surface area contributed by atoms with Crippen molar-refractivity contribution in [3.63, 3.8) is 0 Å². The number of aromatic nitrogens is 3. The Morgan fingerprint density at radius 3 is 2.44 bits per heavy atom. The van der Waals surface area contributed by atoms with Crippen molar-refractivity contribution in [2.45, 2.75) is 25.0 Å². The fourth-order valence-corrected chi connectivity index (χ4v) is 3.82. The van der Waals surface area contributed by atoms with Crippen LogP contribution < -0.4 is 10.6 Å². The zero-order valence-corrected chi connectivity index (χ0v) is 19.6. The molecule has 10 heteroatoms. The number of allylic oxidation sites excluding steroid dienone is 1. The molecule has 0 saturated heterocycles. The molecule has 2 aromatic carbocycles. The second-order valence-corrected chi connectivity index (χ2v) is 8.62. The molecule has 0 aliphatic rings. The predicted octanol–water partition coefficient (Wildman–Crippen LogP) is 4.99. The quantitative estimate of drug-likeness (QED) is 0.326. The zero-order valence-electron chi connectivity index (χ0n) is 17.3. The van der Waals surface area contributed by atoms with Crippen molar-refractivity contribution < 1.29 is 9.59 Å². The SMILES string of the molecule is C=CCn1c(CC(=O)Nc2ccc(C)c(Cl)c2)nnc1SCC(=O)Nc1ccc(Cl)cc1. The third-order valence-electron chi connectivity index (χ3n) is 4.34.